The van der Waals surface area contributed by atoms with Gasteiger partial charge in [0.05, 0.1) is 11.6 Å². The molecule has 2 aromatic heterocycles. The standard InChI is InChI=1S/C25H37ClN6O2/c1-25(8-12-34-13-9-25)17-30-22-7-10-28-24(32-22)20-15-23(29-16-21(20)26)31-19-5-3-18(4-6-19)27-11-14-33-2/h7,10,15-16,18-19,27H,3-6,8-9,11-14,17H2,1-2H3,(H,29,31)(H,28,30,32). The molecule has 0 radical (unpaired) electrons. The number of hydrogen-bond acceptors (Lipinski definition) is 8. The predicted octanol–water partition coefficient (Wildman–Crippen LogP) is 4.38. The summed E-state index contributed by atoms with van der Waals surface area (Å²) in [5.41, 5.74) is 1.00. The van der Waals surface area contributed by atoms with E-state index in [4.69, 9.17) is 26.1 Å². The molecule has 9 heteroatoms. The minimum Gasteiger partial charge on any atom is -0.383 e. The number of anilines is 2. The first-order chi connectivity index (χ1) is 16.5. The third-order valence-electron chi connectivity index (χ3n) is 6.97. The van der Waals surface area contributed by atoms with E-state index >= 15 is 0 Å². The smallest absolute Gasteiger partial charge is 0.163 e. The highest BCUT2D eigenvalue weighted by Crippen LogP contribution is 2.31. The molecule has 1 saturated heterocycles. The quantitative estimate of drug-likeness (QED) is 0.424. The second-order valence-corrected chi connectivity index (χ2v) is 10.1. The lowest BCUT2D eigenvalue weighted by Crippen LogP contribution is -2.38. The number of nitrogens with one attached hydrogen (secondary N) is 3. The topological polar surface area (TPSA) is 93.2 Å². The predicted molar refractivity (Wildman–Crippen MR) is 136 cm³/mol. The number of pyridine rings is 1. The van der Waals surface area contributed by atoms with E-state index < -0.39 is 0 Å². The van der Waals surface area contributed by atoms with E-state index in [1.807, 2.05) is 12.1 Å². The van der Waals surface area contributed by atoms with E-state index in [0.717, 1.165) is 88.6 Å². The number of rotatable bonds is 10. The van der Waals surface area contributed by atoms with Gasteiger partial charge >= 0.3 is 0 Å². The fraction of sp³-hybridized carbons (Fsp3) is 0.640. The van der Waals surface area contributed by atoms with E-state index in [1.165, 1.54) is 0 Å². The van der Waals surface area contributed by atoms with Crippen LogP contribution in [0.25, 0.3) is 11.4 Å². The van der Waals surface area contributed by atoms with Crippen LogP contribution in [0.4, 0.5) is 11.6 Å². The van der Waals surface area contributed by atoms with Crippen molar-refractivity contribution in [3.8, 4) is 11.4 Å². The Morgan fingerprint density at radius 2 is 1.88 bits per heavy atom. The van der Waals surface area contributed by atoms with Crippen LogP contribution in [0.15, 0.2) is 24.5 Å². The molecule has 1 aliphatic carbocycles. The summed E-state index contributed by atoms with van der Waals surface area (Å²) in [6.45, 7) is 6.45. The molecule has 0 unspecified atom stereocenters. The Morgan fingerprint density at radius 3 is 2.65 bits per heavy atom. The molecule has 0 spiro atoms. The Kier molecular flexibility index (Phi) is 8.94. The third-order valence-corrected chi connectivity index (χ3v) is 7.27. The van der Waals surface area contributed by atoms with Gasteiger partial charge in [-0.2, -0.15) is 0 Å². The van der Waals surface area contributed by atoms with E-state index in [9.17, 15) is 0 Å². The van der Waals surface area contributed by atoms with Crippen molar-refractivity contribution >= 4 is 23.2 Å². The molecule has 2 aromatic rings. The summed E-state index contributed by atoms with van der Waals surface area (Å²) in [5, 5.41) is 11.2. The number of aromatic nitrogens is 3. The molecule has 34 heavy (non-hydrogen) atoms. The molecule has 0 aromatic carbocycles. The van der Waals surface area contributed by atoms with Crippen molar-refractivity contribution in [1.29, 1.82) is 0 Å². The van der Waals surface area contributed by atoms with Gasteiger partial charge in [0.25, 0.3) is 0 Å². The molecule has 0 bridgehead atoms. The Morgan fingerprint density at radius 1 is 1.12 bits per heavy atom. The number of hydrogen-bond donors (Lipinski definition) is 3. The van der Waals surface area contributed by atoms with Crippen molar-refractivity contribution in [2.24, 2.45) is 5.41 Å². The summed E-state index contributed by atoms with van der Waals surface area (Å²) in [7, 11) is 1.74. The fourth-order valence-electron chi connectivity index (χ4n) is 4.64. The molecule has 2 aliphatic rings. The molecule has 1 saturated carbocycles. The Hall–Kier alpha value is -2.00. The number of halogens is 1. The molecule has 1 aliphatic heterocycles. The van der Waals surface area contributed by atoms with Crippen LogP contribution >= 0.6 is 11.6 Å². The SMILES string of the molecule is COCCNC1CCC(Nc2cc(-c3nccc(NCC4(C)CCOCC4)n3)c(Cl)cn2)CC1. The van der Waals surface area contributed by atoms with E-state index in [1.54, 1.807) is 19.5 Å². The average molecular weight is 489 g/mol. The van der Waals surface area contributed by atoms with Crippen LogP contribution in [0.3, 0.4) is 0 Å². The van der Waals surface area contributed by atoms with Gasteiger partial charge in [0.15, 0.2) is 5.82 Å². The van der Waals surface area contributed by atoms with Gasteiger partial charge in [0, 0.05) is 63.5 Å². The van der Waals surface area contributed by atoms with E-state index in [2.05, 4.69) is 32.8 Å². The van der Waals surface area contributed by atoms with Crippen LogP contribution in [0.5, 0.6) is 0 Å². The first-order valence-electron chi connectivity index (χ1n) is 12.3. The van der Waals surface area contributed by atoms with Crippen molar-refractivity contribution in [2.75, 3.05) is 50.7 Å². The van der Waals surface area contributed by atoms with Crippen molar-refractivity contribution in [2.45, 2.75) is 57.5 Å². The lowest BCUT2D eigenvalue weighted by molar-refractivity contribution is 0.0300. The third kappa shape index (κ3) is 7.01. The molecule has 4 rings (SSSR count). The molecule has 3 heterocycles. The van der Waals surface area contributed by atoms with Gasteiger partial charge in [-0.3, -0.25) is 0 Å². The molecule has 2 fully saturated rings. The van der Waals surface area contributed by atoms with Crippen LogP contribution < -0.4 is 16.0 Å². The Balaban J connectivity index is 1.36. The summed E-state index contributed by atoms with van der Waals surface area (Å²) in [4.78, 5) is 13.7. The van der Waals surface area contributed by atoms with Crippen LogP contribution in [-0.4, -0.2) is 67.1 Å². The van der Waals surface area contributed by atoms with E-state index in [0.29, 0.717) is 22.9 Å². The minimum absolute atomic E-state index is 0.215. The van der Waals surface area contributed by atoms with Crippen LogP contribution in [0, 0.1) is 5.41 Å². The fourth-order valence-corrected chi connectivity index (χ4v) is 4.82. The van der Waals surface area contributed by atoms with Crippen molar-refractivity contribution in [3.63, 3.8) is 0 Å². The van der Waals surface area contributed by atoms with Crippen molar-refractivity contribution < 1.29 is 9.47 Å². The molecule has 0 amide bonds. The first kappa shape index (κ1) is 25.1. The summed E-state index contributed by atoms with van der Waals surface area (Å²) < 4.78 is 10.6. The highest BCUT2D eigenvalue weighted by Gasteiger charge is 2.27. The van der Waals surface area contributed by atoms with Gasteiger partial charge in [-0.05, 0) is 56.1 Å². The zero-order valence-corrected chi connectivity index (χ0v) is 21.0. The second kappa shape index (κ2) is 12.1. The van der Waals surface area contributed by atoms with Crippen molar-refractivity contribution in [1.82, 2.24) is 20.3 Å². The molecular weight excluding hydrogens is 452 g/mol. The van der Waals surface area contributed by atoms with Crippen LogP contribution in [0.2, 0.25) is 5.02 Å². The summed E-state index contributed by atoms with van der Waals surface area (Å²) in [6, 6.07) is 4.83. The molecule has 0 atom stereocenters. The van der Waals surface area contributed by atoms with Gasteiger partial charge in [-0.25, -0.2) is 15.0 Å². The highest BCUT2D eigenvalue weighted by atomic mass is 35.5. The monoisotopic (exact) mass is 488 g/mol. The molecule has 8 nitrogen and oxygen atoms in total. The number of nitrogens with zero attached hydrogens (tertiary/aromatic N) is 3. The van der Waals surface area contributed by atoms with Gasteiger partial charge < -0.3 is 25.4 Å². The van der Waals surface area contributed by atoms with Gasteiger partial charge in [-0.15, -0.1) is 0 Å². The Labute approximate surface area is 207 Å². The maximum absolute atomic E-state index is 6.50. The van der Waals surface area contributed by atoms with Crippen LogP contribution in [-0.2, 0) is 9.47 Å². The number of ether oxygens (including phenoxy) is 2. The summed E-state index contributed by atoms with van der Waals surface area (Å²) in [6.07, 6.45) is 10.0. The molecular formula is C25H37ClN6O2. The van der Waals surface area contributed by atoms with E-state index in [-0.39, 0.29) is 5.41 Å². The first-order valence-corrected chi connectivity index (χ1v) is 12.7. The summed E-state index contributed by atoms with van der Waals surface area (Å²) in [5.74, 6) is 2.22. The Bertz CT molecular complexity index is 916. The van der Waals surface area contributed by atoms with Gasteiger partial charge in [-0.1, -0.05) is 18.5 Å². The largest absolute Gasteiger partial charge is 0.383 e. The van der Waals surface area contributed by atoms with Crippen LogP contribution in [0.1, 0.15) is 45.4 Å². The average Bonchev–Trinajstić information content (AvgIpc) is 2.86. The zero-order chi connectivity index (χ0) is 23.8. The normalized spacial score (nSPS) is 22.3. The lowest BCUT2D eigenvalue weighted by Gasteiger charge is -2.33. The van der Waals surface area contributed by atoms with Gasteiger partial charge in [0.1, 0.15) is 11.6 Å². The number of methoxy groups -OCH3 is 1. The van der Waals surface area contributed by atoms with Gasteiger partial charge in [0.2, 0.25) is 0 Å². The highest BCUT2D eigenvalue weighted by molar-refractivity contribution is 6.33. The maximum atomic E-state index is 6.50. The molecule has 3 N–H and O–H groups in total. The zero-order valence-electron chi connectivity index (χ0n) is 20.3. The lowest BCUT2D eigenvalue weighted by atomic mass is 9.82. The second-order valence-electron chi connectivity index (χ2n) is 9.73. The molecule has 186 valence electrons. The van der Waals surface area contributed by atoms with Crippen molar-refractivity contribution in [3.05, 3.63) is 29.5 Å². The minimum atomic E-state index is 0.215. The summed E-state index contributed by atoms with van der Waals surface area (Å²) >= 11 is 6.50. The maximum Gasteiger partial charge on any atom is 0.163 e.